The van der Waals surface area contributed by atoms with Crippen LogP contribution in [0.3, 0.4) is 0 Å². The van der Waals surface area contributed by atoms with Crippen molar-refractivity contribution >= 4 is 6.09 Å². The zero-order valence-corrected chi connectivity index (χ0v) is 6.71. The maximum Gasteiger partial charge on any atom is 0.414 e. The second-order valence-corrected chi connectivity index (χ2v) is 1.82. The summed E-state index contributed by atoms with van der Waals surface area (Å²) in [7, 11) is 0. The Balaban J connectivity index is 3.79. The van der Waals surface area contributed by atoms with Crippen LogP contribution in [0, 0.1) is 0 Å². The molecular formula is C7H12FNO2. The number of carbonyl (C=O) groups excluding carboxylic acids is 1. The van der Waals surface area contributed by atoms with Crippen LogP contribution < -0.4 is 0 Å². The van der Waals surface area contributed by atoms with E-state index in [0.29, 0.717) is 13.1 Å². The summed E-state index contributed by atoms with van der Waals surface area (Å²) in [5.74, 6) is 0. The highest BCUT2D eigenvalue weighted by Crippen LogP contribution is 1.93. The Kier molecular flexibility index (Phi) is 5.15. The summed E-state index contributed by atoms with van der Waals surface area (Å²) in [6.07, 6.45) is 0.381. The van der Waals surface area contributed by atoms with Crippen LogP contribution in [-0.2, 0) is 4.74 Å². The van der Waals surface area contributed by atoms with E-state index >= 15 is 0 Å². The lowest BCUT2D eigenvalue weighted by Crippen LogP contribution is -2.29. The minimum Gasteiger partial charge on any atom is -0.416 e. The van der Waals surface area contributed by atoms with Crippen LogP contribution in [-0.4, -0.2) is 24.1 Å². The lowest BCUT2D eigenvalue weighted by Gasteiger charge is -2.15. The van der Waals surface area contributed by atoms with E-state index in [9.17, 15) is 9.18 Å². The molecule has 0 aromatic heterocycles. The van der Waals surface area contributed by atoms with Gasteiger partial charge in [-0.2, -0.15) is 0 Å². The third kappa shape index (κ3) is 3.60. The van der Waals surface area contributed by atoms with E-state index in [-0.39, 0.29) is 6.33 Å². The van der Waals surface area contributed by atoms with Gasteiger partial charge in [-0.15, -0.1) is 0 Å². The number of nitrogens with zero attached hydrogens (tertiary/aromatic N) is 1. The fourth-order valence-corrected chi connectivity index (χ4v) is 0.640. The van der Waals surface area contributed by atoms with Crippen LogP contribution in [0.15, 0.2) is 12.6 Å². The van der Waals surface area contributed by atoms with Crippen molar-refractivity contribution in [1.82, 2.24) is 4.90 Å². The molecule has 0 radical (unpaired) electrons. The van der Waals surface area contributed by atoms with Crippen molar-refractivity contribution in [1.29, 1.82) is 0 Å². The SMILES string of the molecule is CCN(CC)C(=O)O/C=C/F. The average molecular weight is 161 g/mol. The third-order valence-electron chi connectivity index (χ3n) is 1.24. The number of ether oxygens (including phenoxy) is 1. The van der Waals surface area contributed by atoms with Crippen molar-refractivity contribution < 1.29 is 13.9 Å². The second-order valence-electron chi connectivity index (χ2n) is 1.82. The standard InChI is InChI=1S/C7H12FNO2/c1-3-9(4-2)7(10)11-6-5-8/h5-6H,3-4H2,1-2H3/b6-5+. The van der Waals surface area contributed by atoms with Crippen molar-refractivity contribution in [2.75, 3.05) is 13.1 Å². The Labute approximate surface area is 65.4 Å². The van der Waals surface area contributed by atoms with E-state index in [0.717, 1.165) is 6.26 Å². The van der Waals surface area contributed by atoms with Gasteiger partial charge in [0, 0.05) is 13.1 Å². The van der Waals surface area contributed by atoms with Crippen LogP contribution in [0.1, 0.15) is 13.8 Å². The summed E-state index contributed by atoms with van der Waals surface area (Å²) in [4.78, 5) is 12.3. The van der Waals surface area contributed by atoms with Crippen LogP contribution in [0.2, 0.25) is 0 Å². The van der Waals surface area contributed by atoms with Crippen molar-refractivity contribution in [2.24, 2.45) is 0 Å². The predicted molar refractivity (Wildman–Crippen MR) is 39.7 cm³/mol. The molecule has 4 heteroatoms. The van der Waals surface area contributed by atoms with Gasteiger partial charge in [-0.1, -0.05) is 0 Å². The van der Waals surface area contributed by atoms with Gasteiger partial charge < -0.3 is 9.64 Å². The lowest BCUT2D eigenvalue weighted by molar-refractivity contribution is 0.141. The molecule has 0 aromatic carbocycles. The number of hydrogen-bond donors (Lipinski definition) is 0. The van der Waals surface area contributed by atoms with E-state index in [2.05, 4.69) is 4.74 Å². The number of hydrogen-bond acceptors (Lipinski definition) is 2. The molecule has 0 saturated carbocycles. The highest BCUT2D eigenvalue weighted by Gasteiger charge is 2.07. The largest absolute Gasteiger partial charge is 0.416 e. The van der Waals surface area contributed by atoms with E-state index in [1.165, 1.54) is 4.90 Å². The van der Waals surface area contributed by atoms with Gasteiger partial charge in [-0.25, -0.2) is 9.18 Å². The Hall–Kier alpha value is -1.06. The monoisotopic (exact) mass is 161 g/mol. The summed E-state index contributed by atoms with van der Waals surface area (Å²) < 4.78 is 15.7. The Morgan fingerprint density at radius 1 is 1.55 bits per heavy atom. The highest BCUT2D eigenvalue weighted by molar-refractivity contribution is 5.68. The third-order valence-corrected chi connectivity index (χ3v) is 1.24. The number of rotatable bonds is 3. The zero-order valence-electron chi connectivity index (χ0n) is 6.71. The molecule has 0 aromatic rings. The molecule has 1 amide bonds. The van der Waals surface area contributed by atoms with Crippen LogP contribution >= 0.6 is 0 Å². The first-order valence-corrected chi connectivity index (χ1v) is 3.47. The van der Waals surface area contributed by atoms with E-state index in [4.69, 9.17) is 0 Å². The molecular weight excluding hydrogens is 149 g/mol. The van der Waals surface area contributed by atoms with Gasteiger partial charge in [0.25, 0.3) is 0 Å². The number of carbonyl (C=O) groups is 1. The van der Waals surface area contributed by atoms with Crippen molar-refractivity contribution in [2.45, 2.75) is 13.8 Å². The zero-order chi connectivity index (χ0) is 8.69. The summed E-state index contributed by atoms with van der Waals surface area (Å²) in [5.41, 5.74) is 0. The summed E-state index contributed by atoms with van der Waals surface area (Å²) in [5, 5.41) is 0. The first-order valence-electron chi connectivity index (χ1n) is 3.47. The molecule has 3 nitrogen and oxygen atoms in total. The molecule has 0 saturated heterocycles. The summed E-state index contributed by atoms with van der Waals surface area (Å²) in [6, 6.07) is 0. The molecule has 0 unspecified atom stereocenters. The minimum absolute atomic E-state index is 0.182. The van der Waals surface area contributed by atoms with Gasteiger partial charge in [0.15, 0.2) is 0 Å². The molecule has 11 heavy (non-hydrogen) atoms. The molecule has 0 bridgehead atoms. The normalized spacial score (nSPS) is 10.1. The molecule has 0 N–H and O–H groups in total. The second kappa shape index (κ2) is 5.70. The molecule has 64 valence electrons. The first kappa shape index (κ1) is 9.94. The molecule has 0 aliphatic heterocycles. The molecule has 0 heterocycles. The van der Waals surface area contributed by atoms with Crippen LogP contribution in [0.5, 0.6) is 0 Å². The first-order chi connectivity index (χ1) is 5.26. The minimum atomic E-state index is -0.524. The van der Waals surface area contributed by atoms with E-state index in [1.807, 2.05) is 13.8 Å². The number of amides is 1. The van der Waals surface area contributed by atoms with Gasteiger partial charge in [0.1, 0.15) is 12.6 Å². The summed E-state index contributed by atoms with van der Waals surface area (Å²) >= 11 is 0. The number of halogens is 1. The Morgan fingerprint density at radius 2 is 2.09 bits per heavy atom. The van der Waals surface area contributed by atoms with Gasteiger partial charge in [0.2, 0.25) is 0 Å². The fraction of sp³-hybridized carbons (Fsp3) is 0.571. The molecule has 0 fully saturated rings. The molecule has 0 rings (SSSR count). The summed E-state index contributed by atoms with van der Waals surface area (Å²) in [6.45, 7) is 4.78. The Morgan fingerprint density at radius 3 is 2.45 bits per heavy atom. The highest BCUT2D eigenvalue weighted by atomic mass is 19.1. The smallest absolute Gasteiger partial charge is 0.414 e. The van der Waals surface area contributed by atoms with E-state index in [1.54, 1.807) is 0 Å². The van der Waals surface area contributed by atoms with Crippen LogP contribution in [0.25, 0.3) is 0 Å². The molecule has 0 aliphatic rings. The predicted octanol–water partition coefficient (Wildman–Crippen LogP) is 1.91. The fourth-order valence-electron chi connectivity index (χ4n) is 0.640. The Bertz CT molecular complexity index is 143. The lowest BCUT2D eigenvalue weighted by atomic mass is 10.6. The average Bonchev–Trinajstić information content (AvgIpc) is 2.03. The molecule has 0 aliphatic carbocycles. The van der Waals surface area contributed by atoms with Crippen molar-refractivity contribution in [3.63, 3.8) is 0 Å². The van der Waals surface area contributed by atoms with Crippen molar-refractivity contribution in [3.8, 4) is 0 Å². The maximum atomic E-state index is 11.3. The maximum absolute atomic E-state index is 11.3. The van der Waals surface area contributed by atoms with Crippen LogP contribution in [0.4, 0.5) is 9.18 Å². The van der Waals surface area contributed by atoms with Gasteiger partial charge in [-0.3, -0.25) is 0 Å². The topological polar surface area (TPSA) is 29.5 Å². The van der Waals surface area contributed by atoms with Gasteiger partial charge in [0.05, 0.1) is 0 Å². The van der Waals surface area contributed by atoms with E-state index < -0.39 is 6.09 Å². The quantitative estimate of drug-likeness (QED) is 0.591. The molecule has 0 atom stereocenters. The van der Waals surface area contributed by atoms with Crippen molar-refractivity contribution in [3.05, 3.63) is 12.6 Å². The molecule has 0 spiro atoms. The van der Waals surface area contributed by atoms with Gasteiger partial charge in [-0.05, 0) is 13.8 Å². The van der Waals surface area contributed by atoms with Gasteiger partial charge >= 0.3 is 6.09 Å².